The number of nitrogens with one attached hydrogen (secondary N) is 2. The lowest BCUT2D eigenvalue weighted by Crippen LogP contribution is -2.39. The molecule has 0 aliphatic carbocycles. The van der Waals surface area contributed by atoms with E-state index in [1.165, 1.54) is 0 Å². The highest BCUT2D eigenvalue weighted by molar-refractivity contribution is 5.97. The average molecular weight is 304 g/mol. The standard InChI is InChI=1S/C14H16N4O4/c1-8-3-4-18-10(5-8)17-9(2)13(18)14(22)16-6-11(19)15-7-12(20)21/h3-5H,6-7H2,1-2H3,(H,15,19)(H,16,22)(H,20,21). The molecule has 0 unspecified atom stereocenters. The van der Waals surface area contributed by atoms with Crippen LogP contribution < -0.4 is 10.6 Å². The third-order valence-corrected chi connectivity index (χ3v) is 3.02. The van der Waals surface area contributed by atoms with Gasteiger partial charge in [-0.2, -0.15) is 0 Å². The van der Waals surface area contributed by atoms with Gasteiger partial charge < -0.3 is 15.7 Å². The number of carboxylic acid groups (broad SMARTS) is 1. The van der Waals surface area contributed by atoms with E-state index in [-0.39, 0.29) is 6.54 Å². The first-order chi connectivity index (χ1) is 10.4. The minimum Gasteiger partial charge on any atom is -0.480 e. The van der Waals surface area contributed by atoms with Crippen molar-refractivity contribution >= 4 is 23.4 Å². The molecule has 2 rings (SSSR count). The average Bonchev–Trinajstić information content (AvgIpc) is 2.77. The van der Waals surface area contributed by atoms with Gasteiger partial charge in [-0.15, -0.1) is 0 Å². The summed E-state index contributed by atoms with van der Waals surface area (Å²) in [5.74, 6) is -2.16. The fourth-order valence-corrected chi connectivity index (χ4v) is 2.02. The summed E-state index contributed by atoms with van der Waals surface area (Å²) < 4.78 is 1.65. The number of aryl methyl sites for hydroxylation is 2. The van der Waals surface area contributed by atoms with E-state index in [1.807, 2.05) is 19.1 Å². The van der Waals surface area contributed by atoms with Gasteiger partial charge in [0.15, 0.2) is 0 Å². The number of fused-ring (bicyclic) bond motifs is 1. The molecule has 3 N–H and O–H groups in total. The first-order valence-electron chi connectivity index (χ1n) is 6.60. The summed E-state index contributed by atoms with van der Waals surface area (Å²) >= 11 is 0. The number of imidazole rings is 1. The normalized spacial score (nSPS) is 10.5. The first-order valence-corrected chi connectivity index (χ1v) is 6.60. The number of amides is 2. The lowest BCUT2D eigenvalue weighted by molar-refractivity contribution is -0.137. The van der Waals surface area contributed by atoms with Crippen LogP contribution in [-0.2, 0) is 9.59 Å². The lowest BCUT2D eigenvalue weighted by Gasteiger charge is -2.06. The molecule has 0 radical (unpaired) electrons. The Morgan fingerprint density at radius 3 is 2.64 bits per heavy atom. The van der Waals surface area contributed by atoms with Crippen LogP contribution in [0.4, 0.5) is 0 Å². The number of hydrogen-bond acceptors (Lipinski definition) is 4. The molecule has 0 atom stereocenters. The molecule has 0 aromatic carbocycles. The van der Waals surface area contributed by atoms with Crippen LogP contribution in [0, 0.1) is 13.8 Å². The maximum Gasteiger partial charge on any atom is 0.322 e. The fourth-order valence-electron chi connectivity index (χ4n) is 2.02. The van der Waals surface area contributed by atoms with E-state index >= 15 is 0 Å². The maximum atomic E-state index is 12.2. The first kappa shape index (κ1) is 15.5. The van der Waals surface area contributed by atoms with Crippen LogP contribution in [0.25, 0.3) is 5.65 Å². The van der Waals surface area contributed by atoms with E-state index in [2.05, 4.69) is 15.6 Å². The summed E-state index contributed by atoms with van der Waals surface area (Å²) in [6, 6.07) is 3.70. The molecule has 2 amide bonds. The van der Waals surface area contributed by atoms with E-state index in [4.69, 9.17) is 5.11 Å². The van der Waals surface area contributed by atoms with Gasteiger partial charge in [0.05, 0.1) is 12.2 Å². The number of carbonyl (C=O) groups excluding carboxylic acids is 2. The van der Waals surface area contributed by atoms with Crippen LogP contribution in [0.2, 0.25) is 0 Å². The molecular weight excluding hydrogens is 288 g/mol. The lowest BCUT2D eigenvalue weighted by atomic mass is 10.3. The third kappa shape index (κ3) is 3.40. The molecule has 0 aliphatic heterocycles. The van der Waals surface area contributed by atoms with Gasteiger partial charge in [0.25, 0.3) is 5.91 Å². The number of rotatable bonds is 5. The fraction of sp³-hybridized carbons (Fsp3) is 0.286. The summed E-state index contributed by atoms with van der Waals surface area (Å²) in [6.45, 7) is 2.85. The molecule has 0 spiro atoms. The number of aromatic nitrogens is 2. The van der Waals surface area contributed by atoms with Crippen LogP contribution in [0.15, 0.2) is 18.3 Å². The zero-order valence-corrected chi connectivity index (χ0v) is 12.2. The monoisotopic (exact) mass is 304 g/mol. The second kappa shape index (κ2) is 6.25. The van der Waals surface area contributed by atoms with Crippen molar-refractivity contribution in [2.45, 2.75) is 13.8 Å². The van der Waals surface area contributed by atoms with Gasteiger partial charge in [-0.1, -0.05) is 0 Å². The Kier molecular flexibility index (Phi) is 4.40. The van der Waals surface area contributed by atoms with E-state index in [1.54, 1.807) is 17.5 Å². The smallest absolute Gasteiger partial charge is 0.322 e. The zero-order valence-electron chi connectivity index (χ0n) is 12.2. The van der Waals surface area contributed by atoms with E-state index in [0.717, 1.165) is 5.56 Å². The van der Waals surface area contributed by atoms with Crippen molar-refractivity contribution in [2.75, 3.05) is 13.1 Å². The minimum absolute atomic E-state index is 0.301. The van der Waals surface area contributed by atoms with Gasteiger partial charge in [0.1, 0.15) is 17.9 Å². The Balaban J connectivity index is 2.08. The second-order valence-corrected chi connectivity index (χ2v) is 4.83. The SMILES string of the molecule is Cc1ccn2c(C(=O)NCC(=O)NCC(=O)O)c(C)nc2c1. The predicted molar refractivity (Wildman–Crippen MR) is 77.6 cm³/mol. The van der Waals surface area contributed by atoms with Gasteiger partial charge in [-0.25, -0.2) is 4.98 Å². The summed E-state index contributed by atoms with van der Waals surface area (Å²) in [6.07, 6.45) is 1.74. The molecular formula is C14H16N4O4. The molecule has 0 saturated heterocycles. The summed E-state index contributed by atoms with van der Waals surface area (Å²) in [5, 5.41) is 13.1. The molecule has 2 aromatic heterocycles. The minimum atomic E-state index is -1.15. The number of hydrogen-bond donors (Lipinski definition) is 3. The second-order valence-electron chi connectivity index (χ2n) is 4.83. The van der Waals surface area contributed by atoms with Crippen LogP contribution in [-0.4, -0.2) is 45.4 Å². The van der Waals surface area contributed by atoms with Crippen LogP contribution in [0.3, 0.4) is 0 Å². The predicted octanol–water partition coefficient (Wildman–Crippen LogP) is -0.118. The largest absolute Gasteiger partial charge is 0.480 e. The van der Waals surface area contributed by atoms with Crippen molar-refractivity contribution in [1.82, 2.24) is 20.0 Å². The Labute approximate surface area is 126 Å². The molecule has 22 heavy (non-hydrogen) atoms. The molecule has 0 bridgehead atoms. The molecule has 2 aromatic rings. The van der Waals surface area contributed by atoms with Crippen molar-refractivity contribution in [3.05, 3.63) is 35.3 Å². The molecule has 0 saturated carbocycles. The van der Waals surface area contributed by atoms with Crippen LogP contribution in [0.5, 0.6) is 0 Å². The highest BCUT2D eigenvalue weighted by Gasteiger charge is 2.17. The van der Waals surface area contributed by atoms with Crippen molar-refractivity contribution in [3.63, 3.8) is 0 Å². The molecule has 0 fully saturated rings. The van der Waals surface area contributed by atoms with Gasteiger partial charge in [-0.3, -0.25) is 18.8 Å². The number of pyridine rings is 1. The molecule has 0 aliphatic rings. The van der Waals surface area contributed by atoms with Crippen LogP contribution in [0.1, 0.15) is 21.7 Å². The number of carboxylic acids is 1. The molecule has 116 valence electrons. The van der Waals surface area contributed by atoms with Gasteiger partial charge >= 0.3 is 5.97 Å². The Hall–Kier alpha value is -2.90. The highest BCUT2D eigenvalue weighted by atomic mass is 16.4. The van der Waals surface area contributed by atoms with Gasteiger partial charge in [-0.05, 0) is 31.5 Å². The Morgan fingerprint density at radius 1 is 1.23 bits per heavy atom. The number of nitrogens with zero attached hydrogens (tertiary/aromatic N) is 2. The third-order valence-electron chi connectivity index (χ3n) is 3.02. The van der Waals surface area contributed by atoms with Crippen molar-refractivity contribution < 1.29 is 19.5 Å². The van der Waals surface area contributed by atoms with Crippen molar-refractivity contribution in [3.8, 4) is 0 Å². The Morgan fingerprint density at radius 2 is 1.95 bits per heavy atom. The maximum absolute atomic E-state index is 12.2. The Bertz CT molecular complexity index is 751. The summed E-state index contributed by atoms with van der Waals surface area (Å²) in [5.41, 5.74) is 2.57. The zero-order chi connectivity index (χ0) is 16.3. The van der Waals surface area contributed by atoms with Crippen LogP contribution >= 0.6 is 0 Å². The quantitative estimate of drug-likeness (QED) is 0.713. The highest BCUT2D eigenvalue weighted by Crippen LogP contribution is 2.13. The number of aliphatic carboxylic acids is 1. The molecule has 8 heteroatoms. The molecule has 2 heterocycles. The van der Waals surface area contributed by atoms with E-state index in [9.17, 15) is 14.4 Å². The van der Waals surface area contributed by atoms with E-state index in [0.29, 0.717) is 17.0 Å². The van der Waals surface area contributed by atoms with E-state index < -0.39 is 24.3 Å². The molecule has 8 nitrogen and oxygen atoms in total. The van der Waals surface area contributed by atoms with Crippen molar-refractivity contribution in [2.24, 2.45) is 0 Å². The van der Waals surface area contributed by atoms with Gasteiger partial charge in [0, 0.05) is 6.20 Å². The van der Waals surface area contributed by atoms with Gasteiger partial charge in [0.2, 0.25) is 5.91 Å². The summed E-state index contributed by atoms with van der Waals surface area (Å²) in [4.78, 5) is 38.2. The summed E-state index contributed by atoms with van der Waals surface area (Å²) in [7, 11) is 0. The van der Waals surface area contributed by atoms with Crippen molar-refractivity contribution in [1.29, 1.82) is 0 Å². The topological polar surface area (TPSA) is 113 Å². The number of carbonyl (C=O) groups is 3.